The van der Waals surface area contributed by atoms with Crippen molar-refractivity contribution in [3.05, 3.63) is 58.1 Å². The summed E-state index contributed by atoms with van der Waals surface area (Å²) in [6.45, 7) is 1.85. The van der Waals surface area contributed by atoms with E-state index in [1.165, 1.54) is 18.2 Å². The van der Waals surface area contributed by atoms with Gasteiger partial charge >= 0.3 is 0 Å². The van der Waals surface area contributed by atoms with E-state index in [4.69, 9.17) is 0 Å². The lowest BCUT2D eigenvalue weighted by Gasteiger charge is -2.08. The number of pyridine rings is 1. The number of halogens is 2. The normalized spacial score (nSPS) is 10.2. The number of carbonyl (C=O) groups is 1. The highest BCUT2D eigenvalue weighted by molar-refractivity contribution is 9.10. The molecule has 0 atom stereocenters. The molecule has 0 bridgehead atoms. The van der Waals surface area contributed by atoms with Gasteiger partial charge in [-0.3, -0.25) is 9.78 Å². The zero-order valence-corrected chi connectivity index (χ0v) is 11.2. The third-order valence-electron chi connectivity index (χ3n) is 2.44. The second kappa shape index (κ2) is 5.27. The summed E-state index contributed by atoms with van der Waals surface area (Å²) in [6, 6.07) is 5.66. The summed E-state index contributed by atoms with van der Waals surface area (Å²) in [6.07, 6.45) is 3.26. The van der Waals surface area contributed by atoms with E-state index < -0.39 is 5.82 Å². The van der Waals surface area contributed by atoms with Crippen LogP contribution in [0.25, 0.3) is 0 Å². The minimum Gasteiger partial charge on any atom is -0.322 e. The van der Waals surface area contributed by atoms with Crippen molar-refractivity contribution < 1.29 is 9.18 Å². The molecule has 1 amide bonds. The van der Waals surface area contributed by atoms with Crippen LogP contribution in [0, 0.1) is 12.7 Å². The van der Waals surface area contributed by atoms with Crippen molar-refractivity contribution in [1.82, 2.24) is 4.98 Å². The number of rotatable bonds is 2. The standard InChI is InChI=1S/C13H10BrFN2O/c1-8-7-16-5-4-12(8)17-13(18)10-3-2-9(15)6-11(10)14/h2-7H,1H3,(H,16,17,18). The van der Waals surface area contributed by atoms with E-state index in [2.05, 4.69) is 26.2 Å². The monoisotopic (exact) mass is 308 g/mol. The molecule has 0 spiro atoms. The Kier molecular flexibility index (Phi) is 3.72. The summed E-state index contributed by atoms with van der Waals surface area (Å²) in [5.41, 5.74) is 1.93. The zero-order chi connectivity index (χ0) is 13.1. The van der Waals surface area contributed by atoms with Gasteiger partial charge in [0, 0.05) is 22.6 Å². The summed E-state index contributed by atoms with van der Waals surface area (Å²) in [4.78, 5) is 16.0. The molecule has 0 unspecified atom stereocenters. The summed E-state index contributed by atoms with van der Waals surface area (Å²) >= 11 is 3.17. The van der Waals surface area contributed by atoms with E-state index in [1.807, 2.05) is 6.92 Å². The maximum absolute atomic E-state index is 12.9. The van der Waals surface area contributed by atoms with Crippen molar-refractivity contribution in [3.8, 4) is 0 Å². The quantitative estimate of drug-likeness (QED) is 0.922. The summed E-state index contributed by atoms with van der Waals surface area (Å²) < 4.78 is 13.4. The Morgan fingerprint density at radius 3 is 2.83 bits per heavy atom. The summed E-state index contributed by atoms with van der Waals surface area (Å²) in [5, 5.41) is 2.76. The van der Waals surface area contributed by atoms with Crippen LogP contribution in [0.5, 0.6) is 0 Å². The number of nitrogens with one attached hydrogen (secondary N) is 1. The van der Waals surface area contributed by atoms with Gasteiger partial charge in [-0.2, -0.15) is 0 Å². The zero-order valence-electron chi connectivity index (χ0n) is 9.58. The van der Waals surface area contributed by atoms with Crippen molar-refractivity contribution in [1.29, 1.82) is 0 Å². The molecule has 2 rings (SSSR count). The Hall–Kier alpha value is -1.75. The fraction of sp³-hybridized carbons (Fsp3) is 0.0769. The molecule has 1 N–H and O–H groups in total. The molecule has 0 saturated heterocycles. The second-order valence-corrected chi connectivity index (χ2v) is 4.62. The molecule has 1 aromatic heterocycles. The highest BCUT2D eigenvalue weighted by Gasteiger charge is 2.11. The highest BCUT2D eigenvalue weighted by Crippen LogP contribution is 2.20. The highest BCUT2D eigenvalue weighted by atomic mass is 79.9. The first-order chi connectivity index (χ1) is 8.58. The van der Waals surface area contributed by atoms with Crippen LogP contribution >= 0.6 is 15.9 Å². The topological polar surface area (TPSA) is 42.0 Å². The SMILES string of the molecule is Cc1cnccc1NC(=O)c1ccc(F)cc1Br. The van der Waals surface area contributed by atoms with Gasteiger partial charge in [0.25, 0.3) is 5.91 Å². The van der Waals surface area contributed by atoms with Crippen LogP contribution in [0.1, 0.15) is 15.9 Å². The number of nitrogens with zero attached hydrogens (tertiary/aromatic N) is 1. The number of anilines is 1. The Morgan fingerprint density at radius 1 is 1.39 bits per heavy atom. The molecule has 1 aromatic carbocycles. The molecule has 5 heteroatoms. The first-order valence-electron chi connectivity index (χ1n) is 5.25. The van der Waals surface area contributed by atoms with Crippen molar-refractivity contribution in [2.24, 2.45) is 0 Å². The minimum atomic E-state index is -0.390. The average Bonchev–Trinajstić information content (AvgIpc) is 2.32. The van der Waals surface area contributed by atoms with E-state index in [0.717, 1.165) is 5.56 Å². The molecule has 0 aliphatic carbocycles. The molecule has 3 nitrogen and oxygen atoms in total. The smallest absolute Gasteiger partial charge is 0.256 e. The maximum atomic E-state index is 12.9. The minimum absolute atomic E-state index is 0.295. The lowest BCUT2D eigenvalue weighted by Crippen LogP contribution is -2.13. The van der Waals surface area contributed by atoms with Crippen molar-refractivity contribution in [2.75, 3.05) is 5.32 Å². The Morgan fingerprint density at radius 2 is 2.17 bits per heavy atom. The molecule has 18 heavy (non-hydrogen) atoms. The fourth-order valence-corrected chi connectivity index (χ4v) is 2.01. The lowest BCUT2D eigenvalue weighted by atomic mass is 10.2. The first kappa shape index (κ1) is 12.7. The van der Waals surface area contributed by atoms with Crippen LogP contribution in [0.2, 0.25) is 0 Å². The molecule has 92 valence electrons. The van der Waals surface area contributed by atoms with Crippen LogP contribution in [0.4, 0.5) is 10.1 Å². The fourth-order valence-electron chi connectivity index (χ4n) is 1.48. The second-order valence-electron chi connectivity index (χ2n) is 3.77. The van der Waals surface area contributed by atoms with Gasteiger partial charge in [0.1, 0.15) is 5.82 Å². The van der Waals surface area contributed by atoms with Crippen molar-refractivity contribution >= 4 is 27.5 Å². The Balaban J connectivity index is 2.25. The number of hydrogen-bond donors (Lipinski definition) is 1. The number of amides is 1. The van der Waals surface area contributed by atoms with Crippen LogP contribution in [-0.2, 0) is 0 Å². The van der Waals surface area contributed by atoms with Crippen molar-refractivity contribution in [2.45, 2.75) is 6.92 Å². The summed E-state index contributed by atoms with van der Waals surface area (Å²) in [7, 11) is 0. The molecule has 2 aromatic rings. The third kappa shape index (κ3) is 2.73. The maximum Gasteiger partial charge on any atom is 0.256 e. The van der Waals surface area contributed by atoms with Crippen LogP contribution in [0.3, 0.4) is 0 Å². The number of hydrogen-bond acceptors (Lipinski definition) is 2. The van der Waals surface area contributed by atoms with E-state index in [9.17, 15) is 9.18 Å². The molecule has 0 radical (unpaired) electrons. The predicted molar refractivity (Wildman–Crippen MR) is 71.0 cm³/mol. The van der Waals surface area contributed by atoms with E-state index in [0.29, 0.717) is 15.7 Å². The van der Waals surface area contributed by atoms with Gasteiger partial charge in [-0.1, -0.05) is 0 Å². The predicted octanol–water partition coefficient (Wildman–Crippen LogP) is 3.54. The molecular weight excluding hydrogens is 299 g/mol. The molecule has 0 aliphatic heterocycles. The van der Waals surface area contributed by atoms with Gasteiger partial charge < -0.3 is 5.32 Å². The van der Waals surface area contributed by atoms with E-state index in [-0.39, 0.29) is 5.91 Å². The molecule has 0 aliphatic rings. The van der Waals surface area contributed by atoms with Gasteiger partial charge in [-0.25, -0.2) is 4.39 Å². The van der Waals surface area contributed by atoms with Crippen LogP contribution in [-0.4, -0.2) is 10.9 Å². The molecule has 1 heterocycles. The van der Waals surface area contributed by atoms with Gasteiger partial charge in [-0.05, 0) is 52.7 Å². The van der Waals surface area contributed by atoms with Gasteiger partial charge in [0.2, 0.25) is 0 Å². The van der Waals surface area contributed by atoms with E-state index in [1.54, 1.807) is 18.5 Å². The van der Waals surface area contributed by atoms with Gasteiger partial charge in [0.15, 0.2) is 0 Å². The van der Waals surface area contributed by atoms with Gasteiger partial charge in [0.05, 0.1) is 5.56 Å². The Bertz CT molecular complexity index is 601. The van der Waals surface area contributed by atoms with E-state index >= 15 is 0 Å². The number of benzene rings is 1. The van der Waals surface area contributed by atoms with Gasteiger partial charge in [-0.15, -0.1) is 0 Å². The van der Waals surface area contributed by atoms with Crippen LogP contribution < -0.4 is 5.32 Å². The summed E-state index contributed by atoms with van der Waals surface area (Å²) in [5.74, 6) is -0.685. The Labute approximate surface area is 112 Å². The third-order valence-corrected chi connectivity index (χ3v) is 3.10. The lowest BCUT2D eigenvalue weighted by molar-refractivity contribution is 0.102. The molecule has 0 saturated carbocycles. The number of carbonyl (C=O) groups excluding carboxylic acids is 1. The molecular formula is C13H10BrFN2O. The van der Waals surface area contributed by atoms with Crippen molar-refractivity contribution in [3.63, 3.8) is 0 Å². The molecule has 0 fully saturated rings. The van der Waals surface area contributed by atoms with Crippen LogP contribution in [0.15, 0.2) is 41.1 Å². The largest absolute Gasteiger partial charge is 0.322 e. The first-order valence-corrected chi connectivity index (χ1v) is 6.04. The number of aryl methyl sites for hydroxylation is 1. The number of aromatic nitrogens is 1. The average molecular weight is 309 g/mol.